The Morgan fingerprint density at radius 1 is 0.952 bits per heavy atom. The summed E-state index contributed by atoms with van der Waals surface area (Å²) < 4.78 is 4.70. The minimum absolute atomic E-state index is 0.102. The molecule has 5 nitrogen and oxygen atoms in total. The molecule has 5 heteroatoms. The number of piperazine rings is 1. The molecule has 2 fully saturated rings. The fourth-order valence-electron chi connectivity index (χ4n) is 3.53. The molecule has 0 spiro atoms. The van der Waals surface area contributed by atoms with Crippen molar-refractivity contribution in [3.05, 3.63) is 0 Å². The number of likely N-dealkylation sites (tertiary alicyclic amines) is 1. The van der Waals surface area contributed by atoms with Crippen molar-refractivity contribution >= 4 is 5.97 Å². The van der Waals surface area contributed by atoms with Gasteiger partial charge in [-0.1, -0.05) is 0 Å². The molecule has 0 amide bonds. The van der Waals surface area contributed by atoms with Crippen LogP contribution in [0, 0.1) is 0 Å². The average Bonchev–Trinajstić information content (AvgIpc) is 2.82. The second-order valence-corrected chi connectivity index (χ2v) is 6.52. The molecule has 0 unspecified atom stereocenters. The van der Waals surface area contributed by atoms with Crippen molar-refractivity contribution in [3.63, 3.8) is 0 Å². The lowest BCUT2D eigenvalue weighted by Crippen LogP contribution is -2.49. The van der Waals surface area contributed by atoms with Gasteiger partial charge in [0.05, 0.1) is 13.5 Å². The molecule has 0 aromatic rings. The molecule has 2 rings (SSSR count). The summed E-state index contributed by atoms with van der Waals surface area (Å²) in [6, 6.07) is 1.50. The first-order valence-electron chi connectivity index (χ1n) is 8.37. The Morgan fingerprint density at radius 3 is 2.00 bits per heavy atom. The molecule has 21 heavy (non-hydrogen) atoms. The fraction of sp³-hybridized carbons (Fsp3) is 0.938. The van der Waals surface area contributed by atoms with Gasteiger partial charge in [-0.05, 0) is 26.7 Å². The maximum atomic E-state index is 11.2. The number of esters is 1. The Morgan fingerprint density at radius 2 is 1.48 bits per heavy atom. The Kier molecular flexibility index (Phi) is 6.45. The van der Waals surface area contributed by atoms with Crippen LogP contribution in [-0.4, -0.2) is 85.7 Å². The van der Waals surface area contributed by atoms with Crippen LogP contribution >= 0.6 is 0 Å². The highest BCUT2D eigenvalue weighted by molar-refractivity contribution is 5.69. The molecule has 2 heterocycles. The lowest BCUT2D eigenvalue weighted by Gasteiger charge is -2.36. The van der Waals surface area contributed by atoms with Gasteiger partial charge in [-0.2, -0.15) is 0 Å². The predicted octanol–water partition coefficient (Wildman–Crippen LogP) is 1.04. The van der Waals surface area contributed by atoms with Crippen LogP contribution in [0.1, 0.15) is 33.1 Å². The number of carbonyl (C=O) groups is 1. The summed E-state index contributed by atoms with van der Waals surface area (Å²) in [4.78, 5) is 18.8. The molecule has 2 aliphatic heterocycles. The van der Waals surface area contributed by atoms with Gasteiger partial charge in [0.15, 0.2) is 0 Å². The molecule has 0 bridgehead atoms. The van der Waals surface area contributed by atoms with Crippen molar-refractivity contribution in [1.29, 1.82) is 0 Å². The number of rotatable bonds is 6. The third-order valence-corrected chi connectivity index (χ3v) is 5.13. The molecule has 0 saturated carbocycles. The maximum Gasteiger partial charge on any atom is 0.306 e. The Labute approximate surface area is 129 Å². The van der Waals surface area contributed by atoms with Crippen molar-refractivity contribution in [2.24, 2.45) is 0 Å². The highest BCUT2D eigenvalue weighted by atomic mass is 16.5. The van der Waals surface area contributed by atoms with Crippen LogP contribution in [-0.2, 0) is 9.53 Å². The quantitative estimate of drug-likeness (QED) is 0.685. The fourth-order valence-corrected chi connectivity index (χ4v) is 3.53. The number of methoxy groups -OCH3 is 1. The minimum Gasteiger partial charge on any atom is -0.469 e. The maximum absolute atomic E-state index is 11.2. The average molecular weight is 297 g/mol. The van der Waals surface area contributed by atoms with Gasteiger partial charge in [-0.15, -0.1) is 0 Å². The van der Waals surface area contributed by atoms with Crippen LogP contribution in [0.2, 0.25) is 0 Å². The highest BCUT2D eigenvalue weighted by Crippen LogP contribution is 2.22. The zero-order chi connectivity index (χ0) is 15.2. The van der Waals surface area contributed by atoms with Gasteiger partial charge in [0.1, 0.15) is 0 Å². The first kappa shape index (κ1) is 16.7. The highest BCUT2D eigenvalue weighted by Gasteiger charge is 2.27. The Balaban J connectivity index is 1.62. The summed E-state index contributed by atoms with van der Waals surface area (Å²) in [5.74, 6) is -0.102. The number of hydrogen-bond acceptors (Lipinski definition) is 5. The van der Waals surface area contributed by atoms with E-state index in [-0.39, 0.29) is 5.97 Å². The number of carbonyl (C=O) groups excluding carboxylic acids is 1. The summed E-state index contributed by atoms with van der Waals surface area (Å²) in [5, 5.41) is 0. The summed E-state index contributed by atoms with van der Waals surface area (Å²) in [6.07, 6.45) is 3.21. The van der Waals surface area contributed by atoms with Gasteiger partial charge in [0.2, 0.25) is 0 Å². The number of nitrogens with zero attached hydrogens (tertiary/aromatic N) is 3. The van der Waals surface area contributed by atoms with Gasteiger partial charge in [0, 0.05) is 57.9 Å². The molecule has 0 aromatic carbocycles. The van der Waals surface area contributed by atoms with E-state index >= 15 is 0 Å². The van der Waals surface area contributed by atoms with E-state index in [2.05, 4.69) is 28.5 Å². The van der Waals surface area contributed by atoms with E-state index in [4.69, 9.17) is 4.74 Å². The van der Waals surface area contributed by atoms with E-state index in [0.717, 1.165) is 44.8 Å². The number of hydrogen-bond donors (Lipinski definition) is 0. The first-order chi connectivity index (χ1) is 10.1. The van der Waals surface area contributed by atoms with Crippen LogP contribution in [0.3, 0.4) is 0 Å². The smallest absolute Gasteiger partial charge is 0.306 e. The number of ether oxygens (including phenoxy) is 1. The largest absolute Gasteiger partial charge is 0.469 e. The molecule has 2 aliphatic rings. The summed E-state index contributed by atoms with van der Waals surface area (Å²) in [7, 11) is 1.46. The predicted molar refractivity (Wildman–Crippen MR) is 84.4 cm³/mol. The van der Waals surface area contributed by atoms with Gasteiger partial charge in [-0.25, -0.2) is 0 Å². The van der Waals surface area contributed by atoms with E-state index in [1.165, 1.54) is 33.0 Å². The summed E-state index contributed by atoms with van der Waals surface area (Å²) >= 11 is 0. The lowest BCUT2D eigenvalue weighted by molar-refractivity contribution is -0.141. The van der Waals surface area contributed by atoms with Crippen LogP contribution in [0.4, 0.5) is 0 Å². The SMILES string of the molecule is COC(=O)CCN1CCN(CCN2[C@@H](C)CC[C@@H]2C)CC1. The molecule has 122 valence electrons. The standard InChI is InChI=1S/C16H31N3O2/c1-14-4-5-15(2)19(14)13-12-18-10-8-17(9-11-18)7-6-16(20)21-3/h14-15H,4-13H2,1-3H3/t14-,15-/m0/s1. The first-order valence-corrected chi connectivity index (χ1v) is 8.37. The molecular formula is C16H31N3O2. The molecule has 0 N–H and O–H groups in total. The van der Waals surface area contributed by atoms with E-state index in [1.54, 1.807) is 0 Å². The van der Waals surface area contributed by atoms with E-state index in [9.17, 15) is 4.79 Å². The molecule has 0 aromatic heterocycles. The molecule has 0 radical (unpaired) electrons. The van der Waals surface area contributed by atoms with Gasteiger partial charge in [0.25, 0.3) is 0 Å². The lowest BCUT2D eigenvalue weighted by atomic mass is 10.2. The normalized spacial score (nSPS) is 28.9. The Bertz CT molecular complexity index is 319. The van der Waals surface area contributed by atoms with Crippen molar-refractivity contribution < 1.29 is 9.53 Å². The topological polar surface area (TPSA) is 36.0 Å². The second kappa shape index (κ2) is 8.11. The van der Waals surface area contributed by atoms with E-state index in [1.807, 2.05) is 0 Å². The van der Waals surface area contributed by atoms with Crippen LogP contribution < -0.4 is 0 Å². The van der Waals surface area contributed by atoms with E-state index in [0.29, 0.717) is 6.42 Å². The van der Waals surface area contributed by atoms with Crippen molar-refractivity contribution in [1.82, 2.24) is 14.7 Å². The van der Waals surface area contributed by atoms with Crippen LogP contribution in [0.25, 0.3) is 0 Å². The van der Waals surface area contributed by atoms with E-state index < -0.39 is 0 Å². The zero-order valence-corrected chi connectivity index (χ0v) is 13.9. The zero-order valence-electron chi connectivity index (χ0n) is 13.9. The van der Waals surface area contributed by atoms with Crippen LogP contribution in [0.5, 0.6) is 0 Å². The molecular weight excluding hydrogens is 266 g/mol. The summed E-state index contributed by atoms with van der Waals surface area (Å²) in [5.41, 5.74) is 0. The monoisotopic (exact) mass is 297 g/mol. The van der Waals surface area contributed by atoms with Crippen LogP contribution in [0.15, 0.2) is 0 Å². The molecule has 2 atom stereocenters. The van der Waals surface area contributed by atoms with Crippen molar-refractivity contribution in [2.75, 3.05) is 52.9 Å². The van der Waals surface area contributed by atoms with Crippen molar-refractivity contribution in [2.45, 2.75) is 45.2 Å². The summed E-state index contributed by atoms with van der Waals surface area (Å²) in [6.45, 7) is 12.3. The third-order valence-electron chi connectivity index (χ3n) is 5.13. The van der Waals surface area contributed by atoms with Gasteiger partial charge < -0.3 is 9.64 Å². The molecule has 0 aliphatic carbocycles. The van der Waals surface area contributed by atoms with Gasteiger partial charge >= 0.3 is 5.97 Å². The third kappa shape index (κ3) is 4.94. The minimum atomic E-state index is -0.102. The van der Waals surface area contributed by atoms with Crippen molar-refractivity contribution in [3.8, 4) is 0 Å². The van der Waals surface area contributed by atoms with Gasteiger partial charge in [-0.3, -0.25) is 14.6 Å². The molecule has 2 saturated heterocycles. The second-order valence-electron chi connectivity index (χ2n) is 6.52. The Hall–Kier alpha value is -0.650.